The van der Waals surface area contributed by atoms with Crippen molar-refractivity contribution in [1.29, 1.82) is 0 Å². The minimum absolute atomic E-state index is 0.675. The van der Waals surface area contributed by atoms with Crippen LogP contribution in [0.1, 0.15) is 25.3 Å². The molecule has 84 valence electrons. The third kappa shape index (κ3) is 1.52. The molecule has 1 aromatic carbocycles. The first-order valence-corrected chi connectivity index (χ1v) is 5.91. The van der Waals surface area contributed by atoms with Gasteiger partial charge in [-0.3, -0.25) is 10.00 Å². The van der Waals surface area contributed by atoms with Crippen LogP contribution in [0.4, 0.5) is 0 Å². The highest BCUT2D eigenvalue weighted by Crippen LogP contribution is 2.29. The van der Waals surface area contributed by atoms with Crippen molar-refractivity contribution in [3.63, 3.8) is 0 Å². The number of nitrogens with one attached hydrogen (secondary N) is 1. The molecule has 3 rings (SSSR count). The minimum Gasteiger partial charge on any atom is -0.300 e. The van der Waals surface area contributed by atoms with E-state index in [9.17, 15) is 0 Å². The summed E-state index contributed by atoms with van der Waals surface area (Å²) in [5.74, 6) is 0.710. The van der Waals surface area contributed by atoms with Gasteiger partial charge in [0.05, 0.1) is 11.7 Å². The number of nitrogens with zero attached hydrogens (tertiary/aromatic N) is 2. The number of aromatic amines is 1. The summed E-state index contributed by atoms with van der Waals surface area (Å²) in [4.78, 5) is 2.50. The van der Waals surface area contributed by atoms with Crippen molar-refractivity contribution in [1.82, 2.24) is 15.1 Å². The quantitative estimate of drug-likeness (QED) is 0.834. The van der Waals surface area contributed by atoms with Gasteiger partial charge in [0.2, 0.25) is 0 Å². The number of hydrogen-bond acceptors (Lipinski definition) is 2. The zero-order valence-corrected chi connectivity index (χ0v) is 9.77. The molecule has 1 aliphatic rings. The molecule has 1 fully saturated rings. The molecular weight excluding hydrogens is 198 g/mol. The predicted molar refractivity (Wildman–Crippen MR) is 65.5 cm³/mol. The third-order valence-electron chi connectivity index (χ3n) is 3.58. The van der Waals surface area contributed by atoms with Gasteiger partial charge in [-0.25, -0.2) is 0 Å². The van der Waals surface area contributed by atoms with Crippen molar-refractivity contribution in [3.05, 3.63) is 30.0 Å². The van der Waals surface area contributed by atoms with Gasteiger partial charge >= 0.3 is 0 Å². The van der Waals surface area contributed by atoms with Gasteiger partial charge in [-0.15, -0.1) is 0 Å². The summed E-state index contributed by atoms with van der Waals surface area (Å²) < 4.78 is 0. The molecule has 0 amide bonds. The maximum atomic E-state index is 4.05. The average molecular weight is 215 g/mol. The van der Waals surface area contributed by atoms with Crippen molar-refractivity contribution < 1.29 is 0 Å². The van der Waals surface area contributed by atoms with Crippen LogP contribution in [0.2, 0.25) is 0 Å². The van der Waals surface area contributed by atoms with Crippen LogP contribution >= 0.6 is 0 Å². The van der Waals surface area contributed by atoms with E-state index in [0.717, 1.165) is 5.52 Å². The number of benzene rings is 1. The molecule has 0 saturated carbocycles. The van der Waals surface area contributed by atoms with Gasteiger partial charge < -0.3 is 0 Å². The van der Waals surface area contributed by atoms with E-state index in [0.29, 0.717) is 12.0 Å². The Kier molecular flexibility index (Phi) is 2.21. The number of hydrogen-bond donors (Lipinski definition) is 1. The number of rotatable bonds is 2. The monoisotopic (exact) mass is 215 g/mol. The highest BCUT2D eigenvalue weighted by atomic mass is 15.2. The maximum Gasteiger partial charge on any atom is 0.0650 e. The van der Waals surface area contributed by atoms with Crippen molar-refractivity contribution in [2.24, 2.45) is 0 Å². The summed E-state index contributed by atoms with van der Waals surface area (Å²) in [6.07, 6.45) is 1.90. The normalized spacial score (nSPS) is 18.2. The first kappa shape index (κ1) is 9.85. The molecule has 2 heterocycles. The molecule has 0 bridgehead atoms. The van der Waals surface area contributed by atoms with Gasteiger partial charge in [0.1, 0.15) is 0 Å². The summed E-state index contributed by atoms with van der Waals surface area (Å²) in [5, 5.41) is 8.26. The van der Waals surface area contributed by atoms with Gasteiger partial charge in [-0.05, 0) is 31.5 Å². The van der Waals surface area contributed by atoms with Gasteiger partial charge in [-0.1, -0.05) is 6.07 Å². The Balaban J connectivity index is 1.80. The second kappa shape index (κ2) is 3.59. The zero-order valence-electron chi connectivity index (χ0n) is 9.77. The van der Waals surface area contributed by atoms with E-state index >= 15 is 0 Å². The smallest absolute Gasteiger partial charge is 0.0650 e. The molecule has 2 aromatic rings. The van der Waals surface area contributed by atoms with Gasteiger partial charge in [0, 0.05) is 30.4 Å². The molecule has 1 aliphatic heterocycles. The molecule has 1 N–H and O–H groups in total. The van der Waals surface area contributed by atoms with Crippen LogP contribution < -0.4 is 0 Å². The van der Waals surface area contributed by atoms with Crippen LogP contribution in [0, 0.1) is 0 Å². The van der Waals surface area contributed by atoms with Crippen LogP contribution in [0.3, 0.4) is 0 Å². The molecule has 0 radical (unpaired) electrons. The summed E-state index contributed by atoms with van der Waals surface area (Å²) in [7, 11) is 0. The Morgan fingerprint density at radius 1 is 1.38 bits per heavy atom. The lowest BCUT2D eigenvalue weighted by Gasteiger charge is -2.42. The minimum atomic E-state index is 0.675. The standard InChI is InChI=1S/C13H17N3/c1-9(2)16-7-12(8-16)10-3-4-13-11(5-10)6-14-15-13/h3-6,9,12H,7-8H2,1-2H3,(H,14,15). The lowest BCUT2D eigenvalue weighted by Crippen LogP contribution is -2.48. The van der Waals surface area contributed by atoms with E-state index in [-0.39, 0.29) is 0 Å². The van der Waals surface area contributed by atoms with E-state index in [1.165, 1.54) is 24.0 Å². The second-order valence-electron chi connectivity index (χ2n) is 4.96. The summed E-state index contributed by atoms with van der Waals surface area (Å²) in [5.41, 5.74) is 2.58. The molecule has 1 aromatic heterocycles. The molecule has 3 nitrogen and oxygen atoms in total. The Hall–Kier alpha value is -1.35. The first-order valence-electron chi connectivity index (χ1n) is 5.91. The number of H-pyrrole nitrogens is 1. The SMILES string of the molecule is CC(C)N1CC(c2ccc3[nH]ncc3c2)C1. The highest BCUT2D eigenvalue weighted by Gasteiger charge is 2.29. The maximum absolute atomic E-state index is 4.05. The first-order chi connectivity index (χ1) is 7.74. The molecule has 0 spiro atoms. The molecule has 0 aliphatic carbocycles. The fraction of sp³-hybridized carbons (Fsp3) is 0.462. The van der Waals surface area contributed by atoms with Crippen molar-refractivity contribution >= 4 is 10.9 Å². The lowest BCUT2D eigenvalue weighted by molar-refractivity contribution is 0.110. The van der Waals surface area contributed by atoms with E-state index in [1.807, 2.05) is 6.20 Å². The average Bonchev–Trinajstić information content (AvgIpc) is 2.61. The summed E-state index contributed by atoms with van der Waals surface area (Å²) in [6, 6.07) is 7.30. The van der Waals surface area contributed by atoms with Crippen molar-refractivity contribution in [2.45, 2.75) is 25.8 Å². The predicted octanol–water partition coefficient (Wildman–Crippen LogP) is 2.37. The lowest BCUT2D eigenvalue weighted by atomic mass is 9.90. The number of aromatic nitrogens is 2. The molecule has 0 unspecified atom stereocenters. The van der Waals surface area contributed by atoms with Crippen LogP contribution in [0.5, 0.6) is 0 Å². The van der Waals surface area contributed by atoms with Gasteiger partial charge in [-0.2, -0.15) is 5.10 Å². The molecular formula is C13H17N3. The van der Waals surface area contributed by atoms with Crippen LogP contribution in [-0.2, 0) is 0 Å². The van der Waals surface area contributed by atoms with Crippen molar-refractivity contribution in [2.75, 3.05) is 13.1 Å². The van der Waals surface area contributed by atoms with Gasteiger partial charge in [0.25, 0.3) is 0 Å². The largest absolute Gasteiger partial charge is 0.300 e. The molecule has 0 atom stereocenters. The Bertz CT molecular complexity index is 495. The van der Waals surface area contributed by atoms with Crippen LogP contribution in [-0.4, -0.2) is 34.2 Å². The summed E-state index contributed by atoms with van der Waals surface area (Å²) >= 11 is 0. The number of likely N-dealkylation sites (tertiary alicyclic amines) is 1. The fourth-order valence-corrected chi connectivity index (χ4v) is 2.36. The Morgan fingerprint density at radius 2 is 2.19 bits per heavy atom. The zero-order chi connectivity index (χ0) is 11.1. The summed E-state index contributed by atoms with van der Waals surface area (Å²) in [6.45, 7) is 6.91. The molecule has 16 heavy (non-hydrogen) atoms. The third-order valence-corrected chi connectivity index (χ3v) is 3.58. The van der Waals surface area contributed by atoms with Crippen LogP contribution in [0.25, 0.3) is 10.9 Å². The van der Waals surface area contributed by atoms with Crippen molar-refractivity contribution in [3.8, 4) is 0 Å². The molecule has 1 saturated heterocycles. The van der Waals surface area contributed by atoms with Crippen LogP contribution in [0.15, 0.2) is 24.4 Å². The van der Waals surface area contributed by atoms with E-state index in [4.69, 9.17) is 0 Å². The Labute approximate surface area is 95.5 Å². The van der Waals surface area contributed by atoms with E-state index < -0.39 is 0 Å². The fourth-order valence-electron chi connectivity index (χ4n) is 2.36. The highest BCUT2D eigenvalue weighted by molar-refractivity contribution is 5.78. The van der Waals surface area contributed by atoms with E-state index in [1.54, 1.807) is 0 Å². The second-order valence-corrected chi connectivity index (χ2v) is 4.96. The molecule has 3 heteroatoms. The number of fused-ring (bicyclic) bond motifs is 1. The topological polar surface area (TPSA) is 31.9 Å². The van der Waals surface area contributed by atoms with E-state index in [2.05, 4.69) is 47.1 Å². The van der Waals surface area contributed by atoms with Gasteiger partial charge in [0.15, 0.2) is 0 Å². The Morgan fingerprint density at radius 3 is 2.94 bits per heavy atom.